The van der Waals surface area contributed by atoms with E-state index in [-0.39, 0.29) is 14.7 Å². The molecule has 4 heteroatoms. The van der Waals surface area contributed by atoms with Crippen molar-refractivity contribution in [3.05, 3.63) is 53.1 Å². The van der Waals surface area contributed by atoms with Gasteiger partial charge < -0.3 is 9.47 Å². The third-order valence-electron chi connectivity index (χ3n) is 3.64. The molecule has 2 nitrogen and oxygen atoms in total. The van der Waals surface area contributed by atoms with E-state index in [9.17, 15) is 0 Å². The first-order valence-corrected chi connectivity index (χ1v) is 11.2. The fourth-order valence-electron chi connectivity index (χ4n) is 2.57. The largest absolute Gasteiger partial charge is 0.467 e. The average Bonchev–Trinajstić information content (AvgIpc) is 2.49. The van der Waals surface area contributed by atoms with Crippen molar-refractivity contribution in [1.29, 1.82) is 0 Å². The number of hydrogen-bond acceptors (Lipinski definition) is 2. The van der Waals surface area contributed by atoms with E-state index < -0.39 is 0 Å². The second-order valence-electron chi connectivity index (χ2n) is 5.97. The van der Waals surface area contributed by atoms with E-state index in [1.165, 1.54) is 27.9 Å². The maximum atomic E-state index is 5.84. The van der Waals surface area contributed by atoms with Gasteiger partial charge in [0.25, 0.3) is 0 Å². The summed E-state index contributed by atoms with van der Waals surface area (Å²) in [4.78, 5) is 0. The molecule has 23 heavy (non-hydrogen) atoms. The minimum atomic E-state index is 0.0500. The van der Waals surface area contributed by atoms with Crippen molar-refractivity contribution in [3.63, 3.8) is 0 Å². The Bertz CT molecular complexity index is 654. The topological polar surface area (TPSA) is 18.5 Å². The highest BCUT2D eigenvalue weighted by Gasteiger charge is 2.13. The van der Waals surface area contributed by atoms with Crippen molar-refractivity contribution in [2.75, 3.05) is 27.2 Å². The molecule has 0 amide bonds. The van der Waals surface area contributed by atoms with E-state index in [2.05, 4.69) is 63.6 Å². The van der Waals surface area contributed by atoms with Gasteiger partial charge in [0, 0.05) is 12.4 Å². The highest BCUT2D eigenvalue weighted by molar-refractivity contribution is 7.57. The van der Waals surface area contributed by atoms with E-state index in [1.807, 2.05) is 0 Å². The SMILES string of the molecule is COCOc1c(C)cccc1Pc1c(C)cccc1CP(C)C. The van der Waals surface area contributed by atoms with Crippen LogP contribution < -0.4 is 15.3 Å². The molecule has 1 unspecified atom stereocenters. The molecule has 2 aromatic rings. The van der Waals surface area contributed by atoms with Crippen LogP contribution >= 0.6 is 16.5 Å². The molecule has 0 aromatic heterocycles. The van der Waals surface area contributed by atoms with Gasteiger partial charge in [-0.2, -0.15) is 0 Å². The number of para-hydroxylation sites is 1. The van der Waals surface area contributed by atoms with Gasteiger partial charge in [0.1, 0.15) is 5.75 Å². The van der Waals surface area contributed by atoms with Crippen LogP contribution in [0.1, 0.15) is 16.7 Å². The molecule has 0 aliphatic rings. The van der Waals surface area contributed by atoms with Gasteiger partial charge in [-0.15, -0.1) is 7.92 Å². The van der Waals surface area contributed by atoms with Crippen LogP contribution in [0, 0.1) is 13.8 Å². The van der Waals surface area contributed by atoms with Crippen molar-refractivity contribution in [2.24, 2.45) is 0 Å². The van der Waals surface area contributed by atoms with Gasteiger partial charge in [-0.1, -0.05) is 45.0 Å². The van der Waals surface area contributed by atoms with Crippen molar-refractivity contribution >= 4 is 27.1 Å². The van der Waals surface area contributed by atoms with Crippen molar-refractivity contribution in [3.8, 4) is 5.75 Å². The molecule has 1 atom stereocenters. The zero-order chi connectivity index (χ0) is 16.8. The number of benzene rings is 2. The third-order valence-corrected chi connectivity index (χ3v) is 6.24. The quantitative estimate of drug-likeness (QED) is 0.553. The van der Waals surface area contributed by atoms with Crippen LogP contribution in [0.15, 0.2) is 36.4 Å². The van der Waals surface area contributed by atoms with Gasteiger partial charge in [0.2, 0.25) is 0 Å². The molecule has 0 N–H and O–H groups in total. The number of rotatable bonds is 7. The van der Waals surface area contributed by atoms with Gasteiger partial charge in [-0.25, -0.2) is 0 Å². The Hall–Kier alpha value is -0.940. The summed E-state index contributed by atoms with van der Waals surface area (Å²) < 4.78 is 10.9. The summed E-state index contributed by atoms with van der Waals surface area (Å²) in [5.74, 6) is 0.970. The maximum absolute atomic E-state index is 5.84. The standard InChI is InChI=1S/C19H26O2P2/c1-14-8-7-11-17(18(14)21-13-20-3)22-19-15(2)9-6-10-16(19)12-23(4)5/h6-11,22H,12-13H2,1-5H3. The molecule has 124 valence electrons. The minimum absolute atomic E-state index is 0.0500. The molecule has 0 fully saturated rings. The molecule has 0 spiro atoms. The first-order valence-electron chi connectivity index (χ1n) is 7.74. The van der Waals surface area contributed by atoms with E-state index in [0.29, 0.717) is 8.58 Å². The van der Waals surface area contributed by atoms with E-state index >= 15 is 0 Å². The molecular formula is C19H26O2P2. The van der Waals surface area contributed by atoms with Crippen molar-refractivity contribution in [1.82, 2.24) is 0 Å². The number of aryl methyl sites for hydroxylation is 2. The Kier molecular flexibility index (Phi) is 7.03. The summed E-state index contributed by atoms with van der Waals surface area (Å²) in [6.07, 6.45) is 1.18. The zero-order valence-corrected chi connectivity index (χ0v) is 16.5. The first-order chi connectivity index (χ1) is 11.0. The smallest absolute Gasteiger partial charge is 0.188 e. The van der Waals surface area contributed by atoms with Gasteiger partial charge in [0.15, 0.2) is 6.79 Å². The average molecular weight is 348 g/mol. The van der Waals surface area contributed by atoms with Crippen LogP contribution in [0.2, 0.25) is 0 Å². The summed E-state index contributed by atoms with van der Waals surface area (Å²) in [7, 11) is 2.32. The second kappa shape index (κ2) is 8.78. The van der Waals surface area contributed by atoms with Crippen LogP contribution in [0.25, 0.3) is 0 Å². The summed E-state index contributed by atoms with van der Waals surface area (Å²) in [6, 6.07) is 13.0. The third kappa shape index (κ3) is 5.01. The van der Waals surface area contributed by atoms with Crippen LogP contribution in [0.3, 0.4) is 0 Å². The zero-order valence-electron chi connectivity index (χ0n) is 14.6. The predicted molar refractivity (Wildman–Crippen MR) is 105 cm³/mol. The van der Waals surface area contributed by atoms with Gasteiger partial charge >= 0.3 is 0 Å². The van der Waals surface area contributed by atoms with Gasteiger partial charge in [0.05, 0.1) is 0 Å². The molecule has 0 radical (unpaired) electrons. The summed E-state index contributed by atoms with van der Waals surface area (Å²) in [5.41, 5.74) is 4.02. The molecule has 0 aliphatic carbocycles. The number of methoxy groups -OCH3 is 1. The first kappa shape index (κ1) is 18.4. The molecule has 0 heterocycles. The molecule has 2 aromatic carbocycles. The second-order valence-corrected chi connectivity index (χ2v) is 9.74. The Morgan fingerprint density at radius 2 is 1.70 bits per heavy atom. The Morgan fingerprint density at radius 1 is 1.00 bits per heavy atom. The van der Waals surface area contributed by atoms with Crippen molar-refractivity contribution < 1.29 is 9.47 Å². The summed E-state index contributed by atoms with van der Waals surface area (Å²) in [5, 5.41) is 2.73. The fourth-order valence-corrected chi connectivity index (χ4v) is 5.11. The van der Waals surface area contributed by atoms with E-state index in [1.54, 1.807) is 7.11 Å². The monoisotopic (exact) mass is 348 g/mol. The van der Waals surface area contributed by atoms with Crippen molar-refractivity contribution in [2.45, 2.75) is 20.0 Å². The van der Waals surface area contributed by atoms with Crippen LogP contribution in [-0.2, 0) is 10.9 Å². The molecule has 0 saturated carbocycles. The summed E-state index contributed by atoms with van der Waals surface area (Å²) in [6.45, 7) is 9.27. The lowest BCUT2D eigenvalue weighted by molar-refractivity contribution is 0.0514. The van der Waals surface area contributed by atoms with E-state index in [4.69, 9.17) is 9.47 Å². The Labute approximate surface area is 143 Å². The predicted octanol–water partition coefficient (Wildman–Crippen LogP) is 4.16. The van der Waals surface area contributed by atoms with E-state index in [0.717, 1.165) is 11.3 Å². The molecule has 0 saturated heterocycles. The van der Waals surface area contributed by atoms with Crippen LogP contribution in [-0.4, -0.2) is 27.2 Å². The molecular weight excluding hydrogens is 322 g/mol. The Morgan fingerprint density at radius 3 is 2.39 bits per heavy atom. The molecule has 0 aliphatic heterocycles. The number of ether oxygens (including phenoxy) is 2. The van der Waals surface area contributed by atoms with Crippen LogP contribution in [0.5, 0.6) is 5.75 Å². The van der Waals surface area contributed by atoms with Crippen LogP contribution in [0.4, 0.5) is 0 Å². The lowest BCUT2D eigenvalue weighted by Gasteiger charge is -2.18. The maximum Gasteiger partial charge on any atom is 0.188 e. The minimum Gasteiger partial charge on any atom is -0.467 e. The Balaban J connectivity index is 2.37. The molecule has 2 rings (SSSR count). The van der Waals surface area contributed by atoms with Gasteiger partial charge in [-0.05, 0) is 55.3 Å². The number of hydrogen-bond donors (Lipinski definition) is 0. The lowest BCUT2D eigenvalue weighted by atomic mass is 10.1. The highest BCUT2D eigenvalue weighted by Crippen LogP contribution is 2.33. The van der Waals surface area contributed by atoms with Gasteiger partial charge in [-0.3, -0.25) is 0 Å². The fraction of sp³-hybridized carbons (Fsp3) is 0.368. The molecule has 0 bridgehead atoms. The highest BCUT2D eigenvalue weighted by atomic mass is 31.1. The summed E-state index contributed by atoms with van der Waals surface area (Å²) >= 11 is 0. The normalized spacial score (nSPS) is 11.6. The lowest BCUT2D eigenvalue weighted by Crippen LogP contribution is -2.15.